The Balaban J connectivity index is 2.19. The quantitative estimate of drug-likeness (QED) is 0.864. The molecule has 1 atom stereocenters. The molecule has 0 saturated heterocycles. The van der Waals surface area contributed by atoms with E-state index in [1.807, 2.05) is 19.0 Å². The van der Waals surface area contributed by atoms with Crippen molar-refractivity contribution in [2.45, 2.75) is 13.0 Å². The van der Waals surface area contributed by atoms with E-state index >= 15 is 0 Å². The van der Waals surface area contributed by atoms with Crippen LogP contribution in [-0.4, -0.2) is 37.1 Å². The minimum Gasteiger partial charge on any atom is -0.448 e. The van der Waals surface area contributed by atoms with Gasteiger partial charge in [0.25, 0.3) is 5.91 Å². The van der Waals surface area contributed by atoms with Crippen LogP contribution in [0.1, 0.15) is 16.6 Å². The predicted octanol–water partition coefficient (Wildman–Crippen LogP) is 1.45. The molecule has 1 amide bonds. The molecule has 19 heavy (non-hydrogen) atoms. The zero-order chi connectivity index (χ0) is 14.2. The van der Waals surface area contributed by atoms with Crippen molar-refractivity contribution in [2.24, 2.45) is 5.73 Å². The van der Waals surface area contributed by atoms with Gasteiger partial charge >= 0.3 is 5.97 Å². The number of thiophene rings is 1. The smallest absolute Gasteiger partial charge is 0.349 e. The van der Waals surface area contributed by atoms with Crippen LogP contribution in [0.2, 0.25) is 0 Å². The largest absolute Gasteiger partial charge is 0.448 e. The van der Waals surface area contributed by atoms with E-state index in [1.54, 1.807) is 6.07 Å². The van der Waals surface area contributed by atoms with Crippen molar-refractivity contribution in [1.29, 1.82) is 0 Å². The molecule has 0 saturated carbocycles. The monoisotopic (exact) mass is 299 g/mol. The van der Waals surface area contributed by atoms with Crippen molar-refractivity contribution < 1.29 is 14.3 Å². The molecule has 0 aromatic carbocycles. The fourth-order valence-electron chi connectivity index (χ4n) is 1.29. The molecule has 0 aliphatic carbocycles. The summed E-state index contributed by atoms with van der Waals surface area (Å²) < 4.78 is 5.86. The molecule has 1 unspecified atom stereocenters. The molecule has 102 valence electrons. The summed E-state index contributed by atoms with van der Waals surface area (Å²) in [5.41, 5.74) is 5.04. The lowest BCUT2D eigenvalue weighted by molar-refractivity contribution is -0.125. The van der Waals surface area contributed by atoms with E-state index in [9.17, 15) is 9.59 Å². The van der Waals surface area contributed by atoms with Gasteiger partial charge in [-0.3, -0.25) is 4.79 Å². The normalized spacial score (nSPS) is 12.4. The van der Waals surface area contributed by atoms with Crippen LogP contribution in [0.4, 0.5) is 5.13 Å². The summed E-state index contributed by atoms with van der Waals surface area (Å²) in [6, 6.07) is 1.72. The number of thiazole rings is 1. The van der Waals surface area contributed by atoms with E-state index in [-0.39, 0.29) is 0 Å². The fraction of sp³-hybridized carbons (Fsp3) is 0.364. The number of rotatable bonds is 4. The third-order valence-electron chi connectivity index (χ3n) is 2.35. The fourth-order valence-corrected chi connectivity index (χ4v) is 3.31. The predicted molar refractivity (Wildman–Crippen MR) is 75.9 cm³/mol. The molecular weight excluding hydrogens is 286 g/mol. The second-order valence-electron chi connectivity index (χ2n) is 4.12. The summed E-state index contributed by atoms with van der Waals surface area (Å²) in [7, 11) is 3.82. The third kappa shape index (κ3) is 2.85. The Bertz CT molecular complexity index is 601. The second-order valence-corrected chi connectivity index (χ2v) is 6.16. The zero-order valence-corrected chi connectivity index (χ0v) is 12.3. The highest BCUT2D eigenvalue weighted by atomic mass is 32.1. The highest BCUT2D eigenvalue weighted by molar-refractivity contribution is 7.29. The number of carbonyl (C=O) groups excluding carboxylic acids is 2. The average molecular weight is 299 g/mol. The number of carbonyl (C=O) groups is 2. The van der Waals surface area contributed by atoms with E-state index in [1.165, 1.54) is 29.6 Å². The molecule has 6 nitrogen and oxygen atoms in total. The van der Waals surface area contributed by atoms with Crippen molar-refractivity contribution in [3.8, 4) is 0 Å². The van der Waals surface area contributed by atoms with E-state index in [2.05, 4.69) is 4.98 Å². The van der Waals surface area contributed by atoms with Gasteiger partial charge in [-0.1, -0.05) is 11.3 Å². The Morgan fingerprint density at radius 3 is 2.63 bits per heavy atom. The van der Waals surface area contributed by atoms with Crippen LogP contribution in [-0.2, 0) is 9.53 Å². The Morgan fingerprint density at radius 1 is 1.42 bits per heavy atom. The zero-order valence-electron chi connectivity index (χ0n) is 10.7. The van der Waals surface area contributed by atoms with E-state index in [0.29, 0.717) is 4.88 Å². The number of amides is 1. The van der Waals surface area contributed by atoms with Crippen LogP contribution in [0.3, 0.4) is 0 Å². The molecular formula is C11H13N3O3S2. The molecule has 2 heterocycles. The number of nitrogens with two attached hydrogens (primary N) is 1. The summed E-state index contributed by atoms with van der Waals surface area (Å²) in [6.07, 6.45) is -0.932. The number of nitrogens with zero attached hydrogens (tertiary/aromatic N) is 2. The number of ether oxygens (including phenoxy) is 1. The molecule has 2 aromatic rings. The number of esters is 1. The van der Waals surface area contributed by atoms with Gasteiger partial charge in [-0.15, -0.1) is 11.3 Å². The average Bonchev–Trinajstić information content (AvgIpc) is 2.85. The summed E-state index contributed by atoms with van der Waals surface area (Å²) in [5, 5.41) is 0.881. The molecule has 0 bridgehead atoms. The first-order valence-electron chi connectivity index (χ1n) is 5.46. The second kappa shape index (κ2) is 5.14. The van der Waals surface area contributed by atoms with Gasteiger partial charge in [-0.05, 0) is 13.0 Å². The highest BCUT2D eigenvalue weighted by Crippen LogP contribution is 2.34. The Labute approximate surface area is 117 Å². The lowest BCUT2D eigenvalue weighted by Gasteiger charge is -2.07. The van der Waals surface area contributed by atoms with Crippen molar-refractivity contribution in [1.82, 2.24) is 4.98 Å². The van der Waals surface area contributed by atoms with E-state index < -0.39 is 18.0 Å². The van der Waals surface area contributed by atoms with E-state index in [4.69, 9.17) is 10.5 Å². The minimum absolute atomic E-state index is 0.423. The van der Waals surface area contributed by atoms with Crippen molar-refractivity contribution >= 4 is 49.2 Å². The van der Waals surface area contributed by atoms with Crippen LogP contribution in [0.15, 0.2) is 6.07 Å². The SMILES string of the molecule is CC(OC(=O)c1cc2sc(N(C)C)nc2s1)C(N)=O. The summed E-state index contributed by atoms with van der Waals surface area (Å²) in [6.45, 7) is 1.44. The molecule has 0 fully saturated rings. The number of aromatic nitrogens is 1. The summed E-state index contributed by atoms with van der Waals surface area (Å²) >= 11 is 2.74. The van der Waals surface area contributed by atoms with Crippen LogP contribution in [0, 0.1) is 0 Å². The highest BCUT2D eigenvalue weighted by Gasteiger charge is 2.19. The lowest BCUT2D eigenvalue weighted by atomic mass is 10.4. The van der Waals surface area contributed by atoms with Gasteiger partial charge in [-0.25, -0.2) is 9.78 Å². The molecule has 2 aromatic heterocycles. The maximum atomic E-state index is 11.8. The maximum Gasteiger partial charge on any atom is 0.349 e. The van der Waals surface area contributed by atoms with Gasteiger partial charge < -0.3 is 15.4 Å². The first kappa shape index (κ1) is 13.8. The Morgan fingerprint density at radius 2 is 2.11 bits per heavy atom. The number of fused-ring (bicyclic) bond motifs is 1. The number of hydrogen-bond donors (Lipinski definition) is 1. The van der Waals surface area contributed by atoms with Gasteiger partial charge in [0.05, 0.1) is 4.70 Å². The lowest BCUT2D eigenvalue weighted by Crippen LogP contribution is -2.30. The number of anilines is 1. The van der Waals surface area contributed by atoms with E-state index in [0.717, 1.165) is 14.7 Å². The van der Waals surface area contributed by atoms with Crippen molar-refractivity contribution in [3.05, 3.63) is 10.9 Å². The van der Waals surface area contributed by atoms with Gasteiger partial charge in [0.15, 0.2) is 11.2 Å². The van der Waals surface area contributed by atoms with Gasteiger partial charge in [0, 0.05) is 14.1 Å². The maximum absolute atomic E-state index is 11.8. The van der Waals surface area contributed by atoms with Gasteiger partial charge in [0.1, 0.15) is 9.71 Å². The van der Waals surface area contributed by atoms with Crippen LogP contribution in [0.5, 0.6) is 0 Å². The first-order chi connectivity index (χ1) is 8.88. The Kier molecular flexibility index (Phi) is 3.72. The van der Waals surface area contributed by atoms with Gasteiger partial charge in [-0.2, -0.15) is 0 Å². The summed E-state index contributed by atoms with van der Waals surface area (Å²) in [5.74, 6) is -1.22. The first-order valence-corrected chi connectivity index (χ1v) is 7.09. The molecule has 0 aliphatic rings. The molecule has 2 N–H and O–H groups in total. The van der Waals surface area contributed by atoms with Crippen LogP contribution >= 0.6 is 22.7 Å². The summed E-state index contributed by atoms with van der Waals surface area (Å²) in [4.78, 5) is 30.1. The molecule has 0 aliphatic heterocycles. The van der Waals surface area contributed by atoms with Crippen molar-refractivity contribution in [2.75, 3.05) is 19.0 Å². The Hall–Kier alpha value is -1.67. The topological polar surface area (TPSA) is 85.5 Å². The minimum atomic E-state index is -0.932. The number of hydrogen-bond acceptors (Lipinski definition) is 7. The van der Waals surface area contributed by atoms with Gasteiger partial charge in [0.2, 0.25) is 0 Å². The molecule has 2 rings (SSSR count). The standard InChI is InChI=1S/C11H13N3O3S2/c1-5(8(12)15)17-10(16)7-4-6-9(18-7)13-11(19-6)14(2)3/h4-5H,1-3H3,(H2,12,15). The van der Waals surface area contributed by atoms with Crippen LogP contribution in [0.25, 0.3) is 9.53 Å². The van der Waals surface area contributed by atoms with Crippen LogP contribution < -0.4 is 10.6 Å². The molecule has 0 radical (unpaired) electrons. The number of primary amides is 1. The molecule has 8 heteroatoms. The van der Waals surface area contributed by atoms with Crippen molar-refractivity contribution in [3.63, 3.8) is 0 Å². The molecule has 0 spiro atoms. The third-order valence-corrected chi connectivity index (χ3v) is 4.65.